The second-order valence-electron chi connectivity index (χ2n) is 4.53. The molecule has 0 unspecified atom stereocenters. The number of amides is 1. The number of nitrogens with zero attached hydrogens (tertiary/aromatic N) is 4. The van der Waals surface area contributed by atoms with Gasteiger partial charge in [0, 0.05) is 30.4 Å². The molecular weight excluding hydrogens is 286 g/mol. The molecule has 1 N–H and O–H groups in total. The highest BCUT2D eigenvalue weighted by atomic mass is 32.1. The van der Waals surface area contributed by atoms with Crippen LogP contribution in [0.5, 0.6) is 0 Å². The van der Waals surface area contributed by atoms with E-state index in [9.17, 15) is 4.79 Å². The molecule has 0 aliphatic heterocycles. The summed E-state index contributed by atoms with van der Waals surface area (Å²) in [6, 6.07) is 5.52. The second-order valence-corrected chi connectivity index (χ2v) is 5.39. The number of rotatable bonds is 3. The quantitative estimate of drug-likeness (QED) is 0.806. The summed E-state index contributed by atoms with van der Waals surface area (Å²) in [6.45, 7) is 1.85. The van der Waals surface area contributed by atoms with Crippen LogP contribution in [0, 0.1) is 6.92 Å². The molecule has 6 nitrogen and oxygen atoms in total. The van der Waals surface area contributed by atoms with Crippen LogP contribution in [0.2, 0.25) is 0 Å². The number of nitrogens with one attached hydrogen (secondary N) is 1. The first kappa shape index (κ1) is 13.4. The van der Waals surface area contributed by atoms with Crippen molar-refractivity contribution in [3.8, 4) is 11.3 Å². The Labute approximate surface area is 125 Å². The first-order valence-electron chi connectivity index (χ1n) is 6.31. The van der Waals surface area contributed by atoms with Crippen LogP contribution in [0.15, 0.2) is 36.0 Å². The van der Waals surface area contributed by atoms with E-state index in [0.29, 0.717) is 10.8 Å². The van der Waals surface area contributed by atoms with E-state index in [2.05, 4.69) is 20.4 Å². The molecule has 0 fully saturated rings. The Morgan fingerprint density at radius 1 is 1.43 bits per heavy atom. The lowest BCUT2D eigenvalue weighted by molar-refractivity contribution is 0.101. The third-order valence-electron chi connectivity index (χ3n) is 2.92. The molecule has 0 bridgehead atoms. The number of aromatic nitrogens is 4. The predicted molar refractivity (Wildman–Crippen MR) is 81.2 cm³/mol. The van der Waals surface area contributed by atoms with Crippen LogP contribution in [0.25, 0.3) is 11.3 Å². The van der Waals surface area contributed by atoms with Crippen LogP contribution in [0.3, 0.4) is 0 Å². The lowest BCUT2D eigenvalue weighted by Gasteiger charge is -2.01. The highest BCUT2D eigenvalue weighted by Gasteiger charge is 2.14. The molecule has 106 valence electrons. The van der Waals surface area contributed by atoms with Gasteiger partial charge in [0.15, 0.2) is 5.13 Å². The normalized spacial score (nSPS) is 10.6. The third-order valence-corrected chi connectivity index (χ3v) is 3.67. The predicted octanol–water partition coefficient (Wildman–Crippen LogP) is 2.50. The Hall–Kier alpha value is -2.54. The van der Waals surface area contributed by atoms with Crippen molar-refractivity contribution in [1.82, 2.24) is 19.7 Å². The average Bonchev–Trinajstić information content (AvgIpc) is 3.06. The fourth-order valence-corrected chi connectivity index (χ4v) is 2.68. The van der Waals surface area contributed by atoms with Gasteiger partial charge in [0.1, 0.15) is 5.69 Å². The molecule has 3 rings (SSSR count). The molecule has 0 aliphatic rings. The monoisotopic (exact) mass is 299 g/mol. The minimum Gasteiger partial charge on any atom is -0.296 e. The van der Waals surface area contributed by atoms with Crippen LogP contribution in [0.4, 0.5) is 5.13 Å². The van der Waals surface area contributed by atoms with Crippen molar-refractivity contribution < 1.29 is 4.79 Å². The van der Waals surface area contributed by atoms with Crippen LogP contribution >= 0.6 is 11.3 Å². The van der Waals surface area contributed by atoms with Gasteiger partial charge in [-0.1, -0.05) is 0 Å². The summed E-state index contributed by atoms with van der Waals surface area (Å²) in [7, 11) is 1.74. The molecule has 0 saturated heterocycles. The van der Waals surface area contributed by atoms with Crippen LogP contribution in [-0.2, 0) is 7.05 Å². The highest BCUT2D eigenvalue weighted by molar-refractivity contribution is 7.14. The molecule has 0 spiro atoms. The van der Waals surface area contributed by atoms with Crippen LogP contribution < -0.4 is 5.32 Å². The highest BCUT2D eigenvalue weighted by Crippen LogP contribution is 2.24. The topological polar surface area (TPSA) is 72.7 Å². The van der Waals surface area contributed by atoms with Crippen molar-refractivity contribution in [3.63, 3.8) is 0 Å². The Morgan fingerprint density at radius 3 is 2.95 bits per heavy atom. The Bertz CT molecular complexity index is 778. The largest absolute Gasteiger partial charge is 0.296 e. The molecule has 3 aromatic heterocycles. The summed E-state index contributed by atoms with van der Waals surface area (Å²) in [5, 5.41) is 9.39. The molecule has 0 aliphatic carbocycles. The standard InChI is InChI=1S/C14H13N5OS/c1-9-6-12(19(2)18-9)13(20)17-14-16-11(8-21-14)10-4-3-5-15-7-10/h3-8H,1-2H3,(H,16,17,20). The van der Waals surface area contributed by atoms with Crippen LogP contribution in [0.1, 0.15) is 16.2 Å². The molecule has 0 atom stereocenters. The van der Waals surface area contributed by atoms with Gasteiger partial charge in [-0.15, -0.1) is 11.3 Å². The molecule has 21 heavy (non-hydrogen) atoms. The van der Waals surface area contributed by atoms with E-state index in [1.54, 1.807) is 30.2 Å². The van der Waals surface area contributed by atoms with E-state index in [1.807, 2.05) is 24.4 Å². The SMILES string of the molecule is Cc1cc(C(=O)Nc2nc(-c3cccnc3)cs2)n(C)n1. The Morgan fingerprint density at radius 2 is 2.29 bits per heavy atom. The van der Waals surface area contributed by atoms with Gasteiger partial charge >= 0.3 is 0 Å². The minimum atomic E-state index is -0.217. The molecule has 0 saturated carbocycles. The number of anilines is 1. The summed E-state index contributed by atoms with van der Waals surface area (Å²) in [6.07, 6.45) is 3.45. The lowest BCUT2D eigenvalue weighted by atomic mass is 10.2. The average molecular weight is 299 g/mol. The van der Waals surface area contributed by atoms with Crippen molar-refractivity contribution in [2.75, 3.05) is 5.32 Å². The van der Waals surface area contributed by atoms with E-state index in [0.717, 1.165) is 17.0 Å². The molecule has 7 heteroatoms. The fraction of sp³-hybridized carbons (Fsp3) is 0.143. The van der Waals surface area contributed by atoms with Gasteiger partial charge in [-0.25, -0.2) is 4.98 Å². The van der Waals surface area contributed by atoms with Crippen molar-refractivity contribution in [3.05, 3.63) is 47.4 Å². The first-order chi connectivity index (χ1) is 10.1. The Balaban J connectivity index is 1.79. The summed E-state index contributed by atoms with van der Waals surface area (Å²) in [4.78, 5) is 20.6. The van der Waals surface area contributed by atoms with E-state index in [-0.39, 0.29) is 5.91 Å². The third kappa shape index (κ3) is 2.82. The zero-order valence-electron chi connectivity index (χ0n) is 11.6. The van der Waals surface area contributed by atoms with E-state index in [1.165, 1.54) is 11.3 Å². The van der Waals surface area contributed by atoms with Crippen molar-refractivity contribution in [2.45, 2.75) is 6.92 Å². The van der Waals surface area contributed by atoms with Gasteiger partial charge in [0.2, 0.25) is 0 Å². The molecular formula is C14H13N5OS. The van der Waals surface area contributed by atoms with E-state index < -0.39 is 0 Å². The van der Waals surface area contributed by atoms with Gasteiger partial charge in [-0.3, -0.25) is 19.8 Å². The smallest absolute Gasteiger partial charge is 0.275 e. The number of carbonyl (C=O) groups is 1. The number of thiazole rings is 1. The summed E-state index contributed by atoms with van der Waals surface area (Å²) in [5.74, 6) is -0.217. The molecule has 3 aromatic rings. The summed E-state index contributed by atoms with van der Waals surface area (Å²) >= 11 is 1.38. The summed E-state index contributed by atoms with van der Waals surface area (Å²) < 4.78 is 1.56. The first-order valence-corrected chi connectivity index (χ1v) is 7.19. The second kappa shape index (κ2) is 5.45. The summed E-state index contributed by atoms with van der Waals surface area (Å²) in [5.41, 5.74) is 3.03. The maximum absolute atomic E-state index is 12.2. The molecule has 0 aromatic carbocycles. The number of hydrogen-bond donors (Lipinski definition) is 1. The van der Waals surface area contributed by atoms with Gasteiger partial charge in [0.05, 0.1) is 11.4 Å². The van der Waals surface area contributed by atoms with Gasteiger partial charge in [0.25, 0.3) is 5.91 Å². The fourth-order valence-electron chi connectivity index (χ4n) is 1.96. The number of pyridine rings is 1. The zero-order chi connectivity index (χ0) is 14.8. The number of carbonyl (C=O) groups excluding carboxylic acids is 1. The van der Waals surface area contributed by atoms with Gasteiger partial charge < -0.3 is 0 Å². The van der Waals surface area contributed by atoms with Gasteiger partial charge in [-0.05, 0) is 25.1 Å². The van der Waals surface area contributed by atoms with Crippen molar-refractivity contribution >= 4 is 22.4 Å². The Kier molecular flexibility index (Phi) is 3.49. The molecule has 3 heterocycles. The number of aryl methyl sites for hydroxylation is 2. The lowest BCUT2D eigenvalue weighted by Crippen LogP contribution is -2.15. The number of hydrogen-bond acceptors (Lipinski definition) is 5. The van der Waals surface area contributed by atoms with E-state index in [4.69, 9.17) is 0 Å². The van der Waals surface area contributed by atoms with Crippen LogP contribution in [-0.4, -0.2) is 25.7 Å². The van der Waals surface area contributed by atoms with Crippen molar-refractivity contribution in [1.29, 1.82) is 0 Å². The van der Waals surface area contributed by atoms with E-state index >= 15 is 0 Å². The molecule has 1 amide bonds. The zero-order valence-corrected chi connectivity index (χ0v) is 12.4. The van der Waals surface area contributed by atoms with Gasteiger partial charge in [-0.2, -0.15) is 5.10 Å². The maximum Gasteiger partial charge on any atom is 0.275 e. The minimum absolute atomic E-state index is 0.217. The van der Waals surface area contributed by atoms with Crippen molar-refractivity contribution in [2.24, 2.45) is 7.05 Å². The molecule has 0 radical (unpaired) electrons. The maximum atomic E-state index is 12.2.